The van der Waals surface area contributed by atoms with Gasteiger partial charge < -0.3 is 9.47 Å². The molecule has 92 valence electrons. The Balaban J connectivity index is 1.92. The summed E-state index contributed by atoms with van der Waals surface area (Å²) in [6.45, 7) is 0.659. The number of ether oxygens (including phenoxy) is 2. The van der Waals surface area contributed by atoms with E-state index in [-0.39, 0.29) is 5.44 Å². The molecular formula is C15H14O2S. The lowest BCUT2D eigenvalue weighted by atomic mass is 10.2. The monoisotopic (exact) mass is 258 g/mol. The van der Waals surface area contributed by atoms with Gasteiger partial charge in [-0.3, -0.25) is 0 Å². The standard InChI is InChI=1S/C15H14O2S/c1-16-13-8-4-3-7-12(13)15-17-10-11-6-2-5-9-14(11)18-15/h2-9,15H,10H2,1H3. The second-order valence-electron chi connectivity index (χ2n) is 4.11. The van der Waals surface area contributed by atoms with Crippen molar-refractivity contribution >= 4 is 11.8 Å². The van der Waals surface area contributed by atoms with Gasteiger partial charge in [-0.2, -0.15) is 0 Å². The molecule has 0 fully saturated rings. The number of para-hydroxylation sites is 1. The van der Waals surface area contributed by atoms with Gasteiger partial charge in [0.25, 0.3) is 0 Å². The molecule has 0 aliphatic carbocycles. The molecular weight excluding hydrogens is 244 g/mol. The van der Waals surface area contributed by atoms with Crippen LogP contribution in [0, 0.1) is 0 Å². The topological polar surface area (TPSA) is 18.5 Å². The molecule has 0 spiro atoms. The van der Waals surface area contributed by atoms with Crippen molar-refractivity contribution in [2.45, 2.75) is 16.9 Å². The average Bonchev–Trinajstić information content (AvgIpc) is 2.46. The molecule has 2 aromatic rings. The highest BCUT2D eigenvalue weighted by atomic mass is 32.2. The molecule has 0 radical (unpaired) electrons. The fraction of sp³-hybridized carbons (Fsp3) is 0.200. The molecule has 1 aliphatic rings. The molecule has 0 saturated carbocycles. The van der Waals surface area contributed by atoms with E-state index in [1.807, 2.05) is 24.3 Å². The summed E-state index contributed by atoms with van der Waals surface area (Å²) in [4.78, 5) is 1.29. The summed E-state index contributed by atoms with van der Waals surface area (Å²) < 4.78 is 11.3. The second kappa shape index (κ2) is 5.04. The van der Waals surface area contributed by atoms with E-state index in [4.69, 9.17) is 9.47 Å². The second-order valence-corrected chi connectivity index (χ2v) is 5.21. The molecule has 0 aromatic heterocycles. The van der Waals surface area contributed by atoms with Crippen LogP contribution in [0.1, 0.15) is 16.6 Å². The average molecular weight is 258 g/mol. The molecule has 0 amide bonds. The van der Waals surface area contributed by atoms with Gasteiger partial charge in [-0.05, 0) is 17.7 Å². The van der Waals surface area contributed by atoms with Gasteiger partial charge in [0.15, 0.2) is 0 Å². The molecule has 1 unspecified atom stereocenters. The summed E-state index contributed by atoms with van der Waals surface area (Å²) in [6.07, 6.45) is 0. The molecule has 3 heteroatoms. The molecule has 1 atom stereocenters. The van der Waals surface area contributed by atoms with Gasteiger partial charge >= 0.3 is 0 Å². The lowest BCUT2D eigenvalue weighted by Gasteiger charge is -2.25. The minimum Gasteiger partial charge on any atom is -0.496 e. The van der Waals surface area contributed by atoms with Gasteiger partial charge in [0, 0.05) is 10.5 Å². The number of rotatable bonds is 2. The predicted molar refractivity (Wildman–Crippen MR) is 72.8 cm³/mol. The van der Waals surface area contributed by atoms with E-state index >= 15 is 0 Å². The Kier molecular flexibility index (Phi) is 3.26. The van der Waals surface area contributed by atoms with Crippen LogP contribution in [0.15, 0.2) is 53.4 Å². The quantitative estimate of drug-likeness (QED) is 0.810. The molecule has 1 aliphatic heterocycles. The Labute approximate surface area is 111 Å². The highest BCUT2D eigenvalue weighted by Crippen LogP contribution is 2.45. The summed E-state index contributed by atoms with van der Waals surface area (Å²) in [5.41, 5.74) is 2.37. The van der Waals surface area contributed by atoms with Crippen molar-refractivity contribution < 1.29 is 9.47 Å². The Hall–Kier alpha value is -1.45. The summed E-state index contributed by atoms with van der Waals surface area (Å²) >= 11 is 1.74. The third-order valence-electron chi connectivity index (χ3n) is 2.99. The minimum absolute atomic E-state index is 0.0102. The third-order valence-corrected chi connectivity index (χ3v) is 4.25. The van der Waals surface area contributed by atoms with Gasteiger partial charge in [0.05, 0.1) is 13.7 Å². The smallest absolute Gasteiger partial charge is 0.136 e. The zero-order valence-corrected chi connectivity index (χ0v) is 10.9. The van der Waals surface area contributed by atoms with Crippen molar-refractivity contribution in [3.8, 4) is 5.75 Å². The van der Waals surface area contributed by atoms with Crippen LogP contribution in [0.2, 0.25) is 0 Å². The maximum atomic E-state index is 5.92. The van der Waals surface area contributed by atoms with Gasteiger partial charge in [-0.15, -0.1) is 0 Å². The maximum Gasteiger partial charge on any atom is 0.136 e. The lowest BCUT2D eigenvalue weighted by molar-refractivity contribution is 0.0909. The molecule has 0 N–H and O–H groups in total. The van der Waals surface area contributed by atoms with Gasteiger partial charge in [-0.1, -0.05) is 48.2 Å². The van der Waals surface area contributed by atoms with Crippen LogP contribution in [0.4, 0.5) is 0 Å². The van der Waals surface area contributed by atoms with E-state index < -0.39 is 0 Å². The van der Waals surface area contributed by atoms with E-state index in [0.717, 1.165) is 11.3 Å². The van der Waals surface area contributed by atoms with Crippen LogP contribution in [-0.4, -0.2) is 7.11 Å². The SMILES string of the molecule is COc1ccccc1C1OCc2ccccc2S1. The number of thioether (sulfide) groups is 1. The number of hydrogen-bond acceptors (Lipinski definition) is 3. The van der Waals surface area contributed by atoms with Gasteiger partial charge in [0.1, 0.15) is 11.2 Å². The molecule has 18 heavy (non-hydrogen) atoms. The summed E-state index contributed by atoms with van der Waals surface area (Å²) in [7, 11) is 1.69. The van der Waals surface area contributed by atoms with Gasteiger partial charge in [-0.25, -0.2) is 0 Å². The number of methoxy groups -OCH3 is 1. The zero-order chi connectivity index (χ0) is 12.4. The van der Waals surface area contributed by atoms with Crippen LogP contribution in [-0.2, 0) is 11.3 Å². The third kappa shape index (κ3) is 2.11. The Bertz CT molecular complexity index is 554. The summed E-state index contributed by atoms with van der Waals surface area (Å²) in [6, 6.07) is 16.4. The van der Waals surface area contributed by atoms with Crippen molar-refractivity contribution in [1.82, 2.24) is 0 Å². The minimum atomic E-state index is 0.0102. The lowest BCUT2D eigenvalue weighted by Crippen LogP contribution is -2.08. The van der Waals surface area contributed by atoms with Gasteiger partial charge in [0.2, 0.25) is 0 Å². The first-order valence-electron chi connectivity index (χ1n) is 5.87. The van der Waals surface area contributed by atoms with Crippen LogP contribution in [0.3, 0.4) is 0 Å². The normalized spacial score (nSPS) is 18.2. The first kappa shape index (κ1) is 11.6. The molecule has 3 rings (SSSR count). The largest absolute Gasteiger partial charge is 0.496 e. The summed E-state index contributed by atoms with van der Waals surface area (Å²) in [5.74, 6) is 0.884. The van der Waals surface area contributed by atoms with Crippen molar-refractivity contribution in [2.75, 3.05) is 7.11 Å². The highest BCUT2D eigenvalue weighted by Gasteiger charge is 2.23. The van der Waals surface area contributed by atoms with E-state index in [2.05, 4.69) is 24.3 Å². The van der Waals surface area contributed by atoms with Crippen LogP contribution < -0.4 is 4.74 Å². The maximum absolute atomic E-state index is 5.92. The predicted octanol–water partition coefficient (Wildman–Crippen LogP) is 4.02. The van der Waals surface area contributed by atoms with E-state index in [1.165, 1.54) is 10.5 Å². The first-order chi connectivity index (χ1) is 8.88. The fourth-order valence-corrected chi connectivity index (χ4v) is 3.19. The van der Waals surface area contributed by atoms with E-state index in [0.29, 0.717) is 6.61 Å². The van der Waals surface area contributed by atoms with E-state index in [1.54, 1.807) is 18.9 Å². The van der Waals surface area contributed by atoms with Crippen molar-refractivity contribution in [3.63, 3.8) is 0 Å². The Morgan fingerprint density at radius 1 is 1.11 bits per heavy atom. The summed E-state index contributed by atoms with van der Waals surface area (Å²) in [5, 5.41) is 0. The Morgan fingerprint density at radius 2 is 1.89 bits per heavy atom. The van der Waals surface area contributed by atoms with Crippen LogP contribution >= 0.6 is 11.8 Å². The van der Waals surface area contributed by atoms with Crippen LogP contribution in [0.5, 0.6) is 5.75 Å². The van der Waals surface area contributed by atoms with Crippen molar-refractivity contribution in [3.05, 3.63) is 59.7 Å². The van der Waals surface area contributed by atoms with E-state index in [9.17, 15) is 0 Å². The zero-order valence-electron chi connectivity index (χ0n) is 10.1. The molecule has 0 bridgehead atoms. The molecule has 2 aromatic carbocycles. The number of benzene rings is 2. The number of hydrogen-bond donors (Lipinski definition) is 0. The molecule has 2 nitrogen and oxygen atoms in total. The van der Waals surface area contributed by atoms with Crippen LogP contribution in [0.25, 0.3) is 0 Å². The fourth-order valence-electron chi connectivity index (χ4n) is 2.07. The Morgan fingerprint density at radius 3 is 2.78 bits per heavy atom. The molecule has 0 saturated heterocycles. The number of fused-ring (bicyclic) bond motifs is 1. The highest BCUT2D eigenvalue weighted by molar-refractivity contribution is 7.99. The molecule has 1 heterocycles. The van der Waals surface area contributed by atoms with Crippen molar-refractivity contribution in [2.24, 2.45) is 0 Å². The van der Waals surface area contributed by atoms with Crippen molar-refractivity contribution in [1.29, 1.82) is 0 Å². The first-order valence-corrected chi connectivity index (χ1v) is 6.75.